The molecule has 15 heavy (non-hydrogen) atoms. The summed E-state index contributed by atoms with van der Waals surface area (Å²) in [4.78, 5) is 6.21. The molecule has 1 aliphatic rings. The maximum atomic E-state index is 4.74. The van der Waals surface area contributed by atoms with Gasteiger partial charge in [0, 0.05) is 15.8 Å². The predicted octanol–water partition coefficient (Wildman–Crippen LogP) is 3.58. The second-order valence-corrected chi connectivity index (χ2v) is 7.13. The first kappa shape index (κ1) is 10.9. The van der Waals surface area contributed by atoms with Gasteiger partial charge in [-0.25, -0.2) is 4.98 Å². The van der Waals surface area contributed by atoms with E-state index in [0.29, 0.717) is 0 Å². The van der Waals surface area contributed by atoms with Gasteiger partial charge in [-0.2, -0.15) is 0 Å². The number of nitrogens with one attached hydrogen (secondary N) is 1. The lowest BCUT2D eigenvalue weighted by atomic mass is 9.91. The van der Waals surface area contributed by atoms with Crippen LogP contribution in [0.2, 0.25) is 0 Å². The first-order chi connectivity index (χ1) is 6.78. The van der Waals surface area contributed by atoms with E-state index >= 15 is 0 Å². The van der Waals surface area contributed by atoms with Crippen LogP contribution < -0.4 is 5.32 Å². The third-order valence-corrected chi connectivity index (χ3v) is 3.83. The third-order valence-electron chi connectivity index (χ3n) is 2.80. The molecule has 3 heteroatoms. The van der Waals surface area contributed by atoms with Gasteiger partial charge in [-0.1, -0.05) is 13.8 Å². The minimum atomic E-state index is 0.107. The lowest BCUT2D eigenvalue weighted by molar-refractivity contribution is 0.509. The van der Waals surface area contributed by atoms with Crippen molar-refractivity contribution in [1.29, 1.82) is 0 Å². The maximum Gasteiger partial charge on any atom is 0.183 e. The molecule has 1 aliphatic carbocycles. The highest BCUT2D eigenvalue weighted by Crippen LogP contribution is 2.42. The minimum absolute atomic E-state index is 0.107. The topological polar surface area (TPSA) is 24.9 Å². The maximum absolute atomic E-state index is 4.74. The first-order valence-electron chi connectivity index (χ1n) is 5.56. The largest absolute Gasteiger partial charge is 0.357 e. The van der Waals surface area contributed by atoms with Crippen molar-refractivity contribution in [2.75, 3.05) is 5.32 Å². The Bertz CT molecular complexity index is 371. The molecule has 0 spiro atoms. The summed E-state index contributed by atoms with van der Waals surface area (Å²) in [6.45, 7) is 11.1. The van der Waals surface area contributed by atoms with Crippen molar-refractivity contribution in [1.82, 2.24) is 4.98 Å². The Balaban J connectivity index is 2.26. The highest BCUT2D eigenvalue weighted by molar-refractivity contribution is 7.15. The van der Waals surface area contributed by atoms with E-state index in [-0.39, 0.29) is 11.0 Å². The molecule has 0 fully saturated rings. The summed E-state index contributed by atoms with van der Waals surface area (Å²) in [5.74, 6) is 0. The molecule has 0 amide bonds. The normalized spacial score (nSPS) is 19.0. The van der Waals surface area contributed by atoms with Crippen molar-refractivity contribution >= 4 is 16.5 Å². The second kappa shape index (κ2) is 3.21. The van der Waals surface area contributed by atoms with Crippen molar-refractivity contribution in [2.24, 2.45) is 0 Å². The molecule has 0 saturated heterocycles. The smallest absolute Gasteiger partial charge is 0.183 e. The zero-order valence-electron chi connectivity index (χ0n) is 10.3. The van der Waals surface area contributed by atoms with Crippen LogP contribution >= 0.6 is 11.3 Å². The average molecular weight is 224 g/mol. The van der Waals surface area contributed by atoms with Gasteiger partial charge in [-0.05, 0) is 33.6 Å². The van der Waals surface area contributed by atoms with Crippen molar-refractivity contribution in [3.05, 3.63) is 10.6 Å². The Kier molecular flexibility index (Phi) is 2.34. The summed E-state index contributed by atoms with van der Waals surface area (Å²) in [6, 6.07) is 0. The van der Waals surface area contributed by atoms with E-state index in [2.05, 4.69) is 39.9 Å². The molecule has 0 aliphatic heterocycles. The Morgan fingerprint density at radius 1 is 1.33 bits per heavy atom. The van der Waals surface area contributed by atoms with Gasteiger partial charge >= 0.3 is 0 Å². The molecule has 0 atom stereocenters. The van der Waals surface area contributed by atoms with Crippen LogP contribution in [0.5, 0.6) is 0 Å². The van der Waals surface area contributed by atoms with Crippen molar-refractivity contribution in [3.63, 3.8) is 0 Å². The molecule has 0 aromatic carbocycles. The number of hydrogen-bond donors (Lipinski definition) is 1. The molecular formula is C12H20N2S. The minimum Gasteiger partial charge on any atom is -0.357 e. The summed E-state index contributed by atoms with van der Waals surface area (Å²) in [7, 11) is 0. The summed E-state index contributed by atoms with van der Waals surface area (Å²) in [5.41, 5.74) is 1.71. The fourth-order valence-electron chi connectivity index (χ4n) is 1.97. The molecule has 84 valence electrons. The van der Waals surface area contributed by atoms with Crippen LogP contribution in [0.25, 0.3) is 0 Å². The van der Waals surface area contributed by atoms with E-state index in [1.165, 1.54) is 23.4 Å². The number of hydrogen-bond acceptors (Lipinski definition) is 3. The van der Waals surface area contributed by atoms with Gasteiger partial charge in [0.2, 0.25) is 0 Å². The van der Waals surface area contributed by atoms with Crippen molar-refractivity contribution in [3.8, 4) is 0 Å². The third kappa shape index (κ3) is 2.17. The number of thiazole rings is 1. The molecule has 2 nitrogen and oxygen atoms in total. The van der Waals surface area contributed by atoms with Crippen LogP contribution in [0.1, 0.15) is 51.6 Å². The van der Waals surface area contributed by atoms with E-state index in [4.69, 9.17) is 4.98 Å². The lowest BCUT2D eigenvalue weighted by Crippen LogP contribution is -2.26. The van der Waals surface area contributed by atoms with Crippen LogP contribution in [-0.4, -0.2) is 10.5 Å². The van der Waals surface area contributed by atoms with E-state index in [1.807, 2.05) is 11.3 Å². The fourth-order valence-corrected chi connectivity index (χ4v) is 3.32. The zero-order chi connectivity index (χ0) is 11.3. The molecule has 1 aromatic heterocycles. The summed E-state index contributed by atoms with van der Waals surface area (Å²) in [5, 5.41) is 4.54. The van der Waals surface area contributed by atoms with Crippen molar-refractivity contribution < 1.29 is 0 Å². The van der Waals surface area contributed by atoms with E-state index in [9.17, 15) is 0 Å². The molecule has 0 saturated carbocycles. The molecular weight excluding hydrogens is 204 g/mol. The SMILES string of the molecule is CC(C)(C)Nc1nc2c(s1)CCC2(C)C. The first-order valence-corrected chi connectivity index (χ1v) is 6.38. The van der Waals surface area contributed by atoms with Crippen LogP contribution in [0.4, 0.5) is 5.13 Å². The van der Waals surface area contributed by atoms with E-state index < -0.39 is 0 Å². The molecule has 2 rings (SSSR count). The summed E-state index contributed by atoms with van der Waals surface area (Å²) >= 11 is 1.83. The Morgan fingerprint density at radius 3 is 2.53 bits per heavy atom. The predicted molar refractivity (Wildman–Crippen MR) is 66.8 cm³/mol. The van der Waals surface area contributed by atoms with Gasteiger partial charge < -0.3 is 5.32 Å². The van der Waals surface area contributed by atoms with Gasteiger partial charge in [0.1, 0.15) is 0 Å². The molecule has 0 radical (unpaired) electrons. The second-order valence-electron chi connectivity index (χ2n) is 6.05. The van der Waals surface area contributed by atoms with Crippen molar-refractivity contribution in [2.45, 2.75) is 58.4 Å². The van der Waals surface area contributed by atoms with Gasteiger partial charge in [-0.15, -0.1) is 11.3 Å². The molecule has 0 bridgehead atoms. The Morgan fingerprint density at radius 2 is 2.00 bits per heavy atom. The Labute approximate surface area is 96.1 Å². The number of rotatable bonds is 1. The monoisotopic (exact) mass is 224 g/mol. The quantitative estimate of drug-likeness (QED) is 0.788. The average Bonchev–Trinajstić information content (AvgIpc) is 2.50. The van der Waals surface area contributed by atoms with Gasteiger partial charge in [0.05, 0.1) is 5.69 Å². The summed E-state index contributed by atoms with van der Waals surface area (Å²) < 4.78 is 0. The number of fused-ring (bicyclic) bond motifs is 1. The highest BCUT2D eigenvalue weighted by atomic mass is 32.1. The van der Waals surface area contributed by atoms with E-state index in [1.54, 1.807) is 0 Å². The fraction of sp³-hybridized carbons (Fsp3) is 0.750. The zero-order valence-corrected chi connectivity index (χ0v) is 11.1. The number of aryl methyl sites for hydroxylation is 1. The molecule has 1 N–H and O–H groups in total. The lowest BCUT2D eigenvalue weighted by Gasteiger charge is -2.20. The van der Waals surface area contributed by atoms with Gasteiger partial charge in [0.15, 0.2) is 5.13 Å². The summed E-state index contributed by atoms with van der Waals surface area (Å²) in [6.07, 6.45) is 2.45. The van der Waals surface area contributed by atoms with Gasteiger partial charge in [-0.3, -0.25) is 0 Å². The van der Waals surface area contributed by atoms with Crippen LogP contribution in [0, 0.1) is 0 Å². The number of anilines is 1. The van der Waals surface area contributed by atoms with Crippen LogP contribution in [0.3, 0.4) is 0 Å². The number of aromatic nitrogens is 1. The van der Waals surface area contributed by atoms with Crippen LogP contribution in [-0.2, 0) is 11.8 Å². The standard InChI is InChI=1S/C12H20N2S/c1-11(2,3)14-10-13-9-8(15-10)6-7-12(9,4)5/h6-7H2,1-5H3,(H,13,14). The van der Waals surface area contributed by atoms with Gasteiger partial charge in [0.25, 0.3) is 0 Å². The highest BCUT2D eigenvalue weighted by Gasteiger charge is 2.34. The molecule has 1 aromatic rings. The molecule has 1 heterocycles. The Hall–Kier alpha value is -0.570. The van der Waals surface area contributed by atoms with Crippen LogP contribution in [0.15, 0.2) is 0 Å². The van der Waals surface area contributed by atoms with E-state index in [0.717, 1.165) is 5.13 Å². The molecule has 0 unspecified atom stereocenters. The number of nitrogens with zero attached hydrogens (tertiary/aromatic N) is 1.